The lowest BCUT2D eigenvalue weighted by atomic mass is 10.2. The van der Waals surface area contributed by atoms with E-state index in [2.05, 4.69) is 5.32 Å². The molecular weight excluding hydrogens is 247 g/mol. The van der Waals surface area contributed by atoms with E-state index in [1.54, 1.807) is 6.92 Å². The first kappa shape index (κ1) is 14.1. The number of hydrogen-bond donors (Lipinski definition) is 1. The molecule has 1 N–H and O–H groups in total. The van der Waals surface area contributed by atoms with Gasteiger partial charge in [0, 0.05) is 11.8 Å². The van der Waals surface area contributed by atoms with Crippen molar-refractivity contribution in [2.45, 2.75) is 13.1 Å². The number of carbonyl (C=O) groups excluding carboxylic acids is 1. The van der Waals surface area contributed by atoms with Crippen molar-refractivity contribution < 1.29 is 22.7 Å². The van der Waals surface area contributed by atoms with Crippen LogP contribution in [-0.2, 0) is 15.7 Å². The number of methoxy groups -OCH3 is 1. The molecule has 3 nitrogen and oxygen atoms in total. The van der Waals surface area contributed by atoms with Gasteiger partial charge in [0.2, 0.25) is 0 Å². The number of alkyl halides is 3. The van der Waals surface area contributed by atoms with E-state index in [4.69, 9.17) is 4.74 Å². The van der Waals surface area contributed by atoms with Gasteiger partial charge in [-0.25, -0.2) is 0 Å². The van der Waals surface area contributed by atoms with Gasteiger partial charge in [0.25, 0.3) is 5.91 Å². The summed E-state index contributed by atoms with van der Waals surface area (Å²) in [5, 5.41) is 2.32. The average molecular weight is 259 g/mol. The van der Waals surface area contributed by atoms with E-state index in [1.807, 2.05) is 0 Å². The number of anilines is 1. The van der Waals surface area contributed by atoms with Crippen LogP contribution in [0.2, 0.25) is 0 Å². The number of hydrogen-bond acceptors (Lipinski definition) is 2. The van der Waals surface area contributed by atoms with Crippen molar-refractivity contribution >= 4 is 11.6 Å². The molecule has 0 unspecified atom stereocenters. The summed E-state index contributed by atoms with van der Waals surface area (Å²) in [5.41, 5.74) is -0.734. The van der Waals surface area contributed by atoms with E-state index >= 15 is 0 Å². The molecule has 1 rings (SSSR count). The first-order valence-corrected chi connectivity index (χ1v) is 5.03. The maximum Gasteiger partial charge on any atom is 0.416 e. The van der Waals surface area contributed by atoms with Crippen molar-refractivity contribution in [1.82, 2.24) is 0 Å². The lowest BCUT2D eigenvalue weighted by molar-refractivity contribution is -0.137. The lowest BCUT2D eigenvalue weighted by Crippen LogP contribution is -2.11. The van der Waals surface area contributed by atoms with Crippen LogP contribution in [0.4, 0.5) is 18.9 Å². The summed E-state index contributed by atoms with van der Waals surface area (Å²) in [6.45, 7) is 1.56. The van der Waals surface area contributed by atoms with Gasteiger partial charge in [-0.2, -0.15) is 13.2 Å². The van der Waals surface area contributed by atoms with Crippen LogP contribution in [0.15, 0.2) is 36.1 Å². The zero-order valence-electron chi connectivity index (χ0n) is 9.84. The first-order valence-electron chi connectivity index (χ1n) is 5.03. The Morgan fingerprint density at radius 3 is 2.61 bits per heavy atom. The van der Waals surface area contributed by atoms with Crippen LogP contribution in [0, 0.1) is 0 Å². The molecule has 1 aromatic rings. The molecule has 0 aromatic heterocycles. The average Bonchev–Trinajstić information content (AvgIpc) is 2.27. The molecule has 0 spiro atoms. The normalized spacial score (nSPS) is 12.2. The molecule has 0 aliphatic heterocycles. The highest BCUT2D eigenvalue weighted by Crippen LogP contribution is 2.30. The van der Waals surface area contributed by atoms with Crippen LogP contribution in [-0.4, -0.2) is 13.0 Å². The second kappa shape index (κ2) is 5.57. The van der Waals surface area contributed by atoms with Gasteiger partial charge in [0.05, 0.1) is 18.4 Å². The van der Waals surface area contributed by atoms with Crippen molar-refractivity contribution in [3.05, 3.63) is 41.7 Å². The Kier molecular flexibility index (Phi) is 4.36. The second-order valence-electron chi connectivity index (χ2n) is 3.53. The molecule has 0 aliphatic rings. The maximum atomic E-state index is 12.4. The van der Waals surface area contributed by atoms with Gasteiger partial charge in [-0.15, -0.1) is 0 Å². The third-order valence-corrected chi connectivity index (χ3v) is 2.11. The second-order valence-corrected chi connectivity index (χ2v) is 3.53. The van der Waals surface area contributed by atoms with Crippen molar-refractivity contribution in [2.24, 2.45) is 0 Å². The lowest BCUT2D eigenvalue weighted by Gasteiger charge is -2.09. The van der Waals surface area contributed by atoms with E-state index in [0.717, 1.165) is 18.2 Å². The molecule has 0 aliphatic carbocycles. The molecule has 0 heterocycles. The van der Waals surface area contributed by atoms with Crippen molar-refractivity contribution in [3.8, 4) is 0 Å². The Balaban J connectivity index is 2.83. The summed E-state index contributed by atoms with van der Waals surface area (Å²) in [4.78, 5) is 11.4. The highest BCUT2D eigenvalue weighted by Gasteiger charge is 2.30. The van der Waals surface area contributed by atoms with Gasteiger partial charge >= 0.3 is 6.18 Å². The first-order chi connectivity index (χ1) is 8.32. The highest BCUT2D eigenvalue weighted by atomic mass is 19.4. The third-order valence-electron chi connectivity index (χ3n) is 2.11. The standard InChI is InChI=1S/C12H12F3NO2/c1-8(18-2)6-11(17)16-10-5-3-4-9(7-10)12(13,14)15/h3-7H,1-2H3,(H,16,17). The van der Waals surface area contributed by atoms with Crippen LogP contribution in [0.1, 0.15) is 12.5 Å². The monoisotopic (exact) mass is 259 g/mol. The number of benzene rings is 1. The molecule has 1 amide bonds. The minimum Gasteiger partial charge on any atom is -0.501 e. The molecule has 98 valence electrons. The number of carbonyl (C=O) groups is 1. The van der Waals surface area contributed by atoms with Crippen LogP contribution < -0.4 is 5.32 Å². The maximum absolute atomic E-state index is 12.4. The van der Waals surface area contributed by atoms with Gasteiger partial charge < -0.3 is 10.1 Å². The Hall–Kier alpha value is -1.98. The quantitative estimate of drug-likeness (QED) is 0.668. The Bertz CT molecular complexity index is 467. The largest absolute Gasteiger partial charge is 0.501 e. The summed E-state index contributed by atoms with van der Waals surface area (Å²) in [6, 6.07) is 4.41. The third kappa shape index (κ3) is 4.12. The van der Waals surface area contributed by atoms with E-state index in [1.165, 1.54) is 19.2 Å². The molecular formula is C12H12F3NO2. The number of amides is 1. The van der Waals surface area contributed by atoms with E-state index < -0.39 is 17.6 Å². The van der Waals surface area contributed by atoms with Crippen LogP contribution in [0.25, 0.3) is 0 Å². The minimum atomic E-state index is -4.43. The Morgan fingerprint density at radius 2 is 2.06 bits per heavy atom. The predicted octanol–water partition coefficient (Wildman–Crippen LogP) is 3.19. The predicted molar refractivity (Wildman–Crippen MR) is 60.8 cm³/mol. The highest BCUT2D eigenvalue weighted by molar-refractivity contribution is 5.99. The summed E-state index contributed by atoms with van der Waals surface area (Å²) in [6.07, 6.45) is -3.28. The Morgan fingerprint density at radius 1 is 1.39 bits per heavy atom. The minimum absolute atomic E-state index is 0.0787. The van der Waals surface area contributed by atoms with Gasteiger partial charge in [-0.3, -0.25) is 4.79 Å². The van der Waals surface area contributed by atoms with E-state index in [-0.39, 0.29) is 5.69 Å². The van der Waals surface area contributed by atoms with Gasteiger partial charge in [0.1, 0.15) is 0 Å². The van der Waals surface area contributed by atoms with Gasteiger partial charge in [-0.05, 0) is 25.1 Å². The van der Waals surface area contributed by atoms with Gasteiger partial charge in [0.15, 0.2) is 0 Å². The number of nitrogens with one attached hydrogen (secondary N) is 1. The molecule has 0 fully saturated rings. The number of rotatable bonds is 3. The topological polar surface area (TPSA) is 38.3 Å². The summed E-state index contributed by atoms with van der Waals surface area (Å²) < 4.78 is 42.0. The van der Waals surface area contributed by atoms with Crippen molar-refractivity contribution in [1.29, 1.82) is 0 Å². The molecule has 0 radical (unpaired) electrons. The van der Waals surface area contributed by atoms with Crippen LogP contribution in [0.3, 0.4) is 0 Å². The Labute approximate surface area is 102 Å². The summed E-state index contributed by atoms with van der Waals surface area (Å²) in [7, 11) is 1.39. The fourth-order valence-electron chi connectivity index (χ4n) is 1.20. The van der Waals surface area contributed by atoms with Crippen molar-refractivity contribution in [3.63, 3.8) is 0 Å². The number of allylic oxidation sites excluding steroid dienone is 1. The van der Waals surface area contributed by atoms with E-state index in [9.17, 15) is 18.0 Å². The molecule has 0 saturated heterocycles. The molecule has 0 saturated carbocycles. The zero-order valence-corrected chi connectivity index (χ0v) is 9.84. The molecule has 6 heteroatoms. The fraction of sp³-hybridized carbons (Fsp3) is 0.250. The smallest absolute Gasteiger partial charge is 0.416 e. The van der Waals surface area contributed by atoms with E-state index in [0.29, 0.717) is 5.76 Å². The summed E-state index contributed by atoms with van der Waals surface area (Å²) in [5.74, 6) is -0.187. The number of halogens is 3. The molecule has 0 bridgehead atoms. The molecule has 18 heavy (non-hydrogen) atoms. The van der Waals surface area contributed by atoms with Crippen LogP contribution in [0.5, 0.6) is 0 Å². The SMILES string of the molecule is COC(C)=CC(=O)Nc1cccc(C(F)(F)F)c1. The fourth-order valence-corrected chi connectivity index (χ4v) is 1.20. The molecule has 1 aromatic carbocycles. The summed E-state index contributed by atoms with van der Waals surface area (Å²) >= 11 is 0. The number of ether oxygens (including phenoxy) is 1. The van der Waals surface area contributed by atoms with Gasteiger partial charge in [-0.1, -0.05) is 6.07 Å². The van der Waals surface area contributed by atoms with Crippen molar-refractivity contribution in [2.75, 3.05) is 12.4 Å². The molecule has 0 atom stereocenters. The van der Waals surface area contributed by atoms with Crippen LogP contribution >= 0.6 is 0 Å². The zero-order chi connectivity index (χ0) is 13.8.